The predicted octanol–water partition coefficient (Wildman–Crippen LogP) is 2.35. The van der Waals surface area contributed by atoms with Crippen molar-refractivity contribution in [3.8, 4) is 0 Å². The number of hydrogen-bond donors (Lipinski definition) is 0. The fourth-order valence-corrected chi connectivity index (χ4v) is 1.18. The molecule has 0 aliphatic rings. The minimum atomic E-state index is 0. The number of carbonyl (C=O) groups excluding carboxylic acids is 1. The van der Waals surface area contributed by atoms with Gasteiger partial charge in [0.15, 0.2) is 0 Å². The first-order valence-corrected chi connectivity index (χ1v) is 4.95. The van der Waals surface area contributed by atoms with Crippen LogP contribution in [0, 0.1) is 17.8 Å². The molecule has 0 heterocycles. The van der Waals surface area contributed by atoms with Crippen LogP contribution in [0.3, 0.4) is 0 Å². The Hall–Kier alpha value is -0.0366. The van der Waals surface area contributed by atoms with Gasteiger partial charge >= 0.3 is 0 Å². The van der Waals surface area contributed by atoms with Crippen LogP contribution in [-0.2, 0) is 24.3 Å². The molecule has 0 spiro atoms. The Labute approximate surface area is 101 Å². The van der Waals surface area contributed by atoms with Crippen LogP contribution in [-0.4, -0.2) is 24.4 Å². The molecule has 14 heavy (non-hydrogen) atoms. The van der Waals surface area contributed by atoms with Crippen molar-refractivity contribution < 1.29 is 24.3 Å². The fourth-order valence-electron chi connectivity index (χ4n) is 1.18. The van der Waals surface area contributed by atoms with Gasteiger partial charge in [0.2, 0.25) is 0 Å². The van der Waals surface area contributed by atoms with Gasteiger partial charge in [-0.25, -0.2) is 0 Å². The van der Waals surface area contributed by atoms with E-state index in [9.17, 15) is 4.79 Å². The molecule has 87 valence electrons. The molecule has 0 atom stereocenters. The molecule has 0 saturated carbocycles. The average molecular weight is 287 g/mol. The molecule has 0 rings (SSSR count). The molecule has 0 saturated heterocycles. The van der Waals surface area contributed by atoms with Crippen LogP contribution in [0.25, 0.3) is 0 Å². The summed E-state index contributed by atoms with van der Waals surface area (Å²) in [4.78, 5) is 13.5. The van der Waals surface area contributed by atoms with Gasteiger partial charge in [0.05, 0.1) is 5.91 Å². The van der Waals surface area contributed by atoms with E-state index in [0.717, 1.165) is 12.5 Å². The molecule has 0 aromatic heterocycles. The fraction of sp³-hybridized carbons (Fsp3) is 0.818. The van der Waals surface area contributed by atoms with E-state index in [0.29, 0.717) is 11.8 Å². The predicted molar refractivity (Wildman–Crippen MR) is 56.2 cm³/mol. The van der Waals surface area contributed by atoms with Gasteiger partial charge < -0.3 is 9.69 Å². The molecule has 0 aromatic rings. The maximum Gasteiger partial charge on any atom is 0.0874 e. The number of hydrogen-bond acceptors (Lipinski definition) is 1. The van der Waals surface area contributed by atoms with Gasteiger partial charge in [-0.15, -0.1) is 0 Å². The first-order chi connectivity index (χ1) is 5.86. The van der Waals surface area contributed by atoms with Gasteiger partial charge in [-0.2, -0.15) is 12.8 Å². The molecule has 0 N–H and O–H groups in total. The standard InChI is InChI=1S/C11H22NO.Rh/c1-8(2)7-12(6)11(13)10(5)9(3)4;/h8-9H,7H2,1-6H3;/q-1;. The van der Waals surface area contributed by atoms with Crippen LogP contribution in [0.4, 0.5) is 0 Å². The number of amides is 1. The summed E-state index contributed by atoms with van der Waals surface area (Å²) in [5, 5.41) is 0. The third-order valence-electron chi connectivity index (χ3n) is 2.19. The third kappa shape index (κ3) is 5.64. The Morgan fingerprint density at radius 2 is 1.71 bits per heavy atom. The summed E-state index contributed by atoms with van der Waals surface area (Å²) in [5.74, 6) is 2.02. The molecule has 2 nitrogen and oxygen atoms in total. The monoisotopic (exact) mass is 287 g/mol. The summed E-state index contributed by atoms with van der Waals surface area (Å²) >= 11 is 0. The van der Waals surface area contributed by atoms with E-state index in [1.54, 1.807) is 4.90 Å². The molecule has 1 amide bonds. The topological polar surface area (TPSA) is 20.3 Å². The van der Waals surface area contributed by atoms with Crippen molar-refractivity contribution in [3.63, 3.8) is 0 Å². The van der Waals surface area contributed by atoms with Crippen molar-refractivity contribution in [1.82, 2.24) is 4.90 Å². The maximum atomic E-state index is 11.7. The molecule has 1 radical (unpaired) electrons. The zero-order valence-corrected chi connectivity index (χ0v) is 11.7. The van der Waals surface area contributed by atoms with Crippen LogP contribution in [0.15, 0.2) is 0 Å². The second-order valence-electron chi connectivity index (χ2n) is 4.42. The van der Waals surface area contributed by atoms with E-state index in [1.807, 2.05) is 14.0 Å². The second-order valence-corrected chi connectivity index (χ2v) is 4.42. The van der Waals surface area contributed by atoms with Crippen LogP contribution >= 0.6 is 0 Å². The molecule has 0 aromatic carbocycles. The van der Waals surface area contributed by atoms with Crippen LogP contribution in [0.5, 0.6) is 0 Å². The Kier molecular flexibility index (Phi) is 8.53. The van der Waals surface area contributed by atoms with E-state index in [1.165, 1.54) is 0 Å². The molecule has 0 bridgehead atoms. The Morgan fingerprint density at radius 1 is 1.29 bits per heavy atom. The van der Waals surface area contributed by atoms with Crippen molar-refractivity contribution in [1.29, 1.82) is 0 Å². The zero-order valence-electron chi connectivity index (χ0n) is 10.1. The van der Waals surface area contributed by atoms with Crippen LogP contribution in [0.1, 0.15) is 34.6 Å². The normalized spacial score (nSPS) is 10.0. The second kappa shape index (κ2) is 7.28. The SMILES string of the molecule is C[C-](C(=O)N(C)CC(C)C)C(C)C.[Rh]. The maximum absolute atomic E-state index is 11.7. The summed E-state index contributed by atoms with van der Waals surface area (Å²) < 4.78 is 0. The molecule has 0 unspecified atom stereocenters. The molecule has 0 aliphatic heterocycles. The van der Waals surface area contributed by atoms with Crippen molar-refractivity contribution >= 4 is 5.91 Å². The van der Waals surface area contributed by atoms with Gasteiger partial charge in [-0.3, -0.25) is 5.92 Å². The average Bonchev–Trinajstić information content (AvgIpc) is 2.00. The molecular weight excluding hydrogens is 265 g/mol. The quantitative estimate of drug-likeness (QED) is 0.574. The number of carbonyl (C=O) groups is 1. The van der Waals surface area contributed by atoms with Gasteiger partial charge in [-0.05, 0) is 5.92 Å². The summed E-state index contributed by atoms with van der Waals surface area (Å²) in [6, 6.07) is 0. The first-order valence-electron chi connectivity index (χ1n) is 4.95. The number of rotatable bonds is 4. The van der Waals surface area contributed by atoms with E-state index in [2.05, 4.69) is 27.7 Å². The summed E-state index contributed by atoms with van der Waals surface area (Å²) in [7, 11) is 1.87. The third-order valence-corrected chi connectivity index (χ3v) is 2.19. The van der Waals surface area contributed by atoms with Crippen molar-refractivity contribution in [2.75, 3.05) is 13.6 Å². The Morgan fingerprint density at radius 3 is 2.00 bits per heavy atom. The Balaban J connectivity index is 0. The zero-order chi connectivity index (χ0) is 10.6. The summed E-state index contributed by atoms with van der Waals surface area (Å²) in [6.45, 7) is 11.1. The molecular formula is C11H22NORh-. The minimum Gasteiger partial charge on any atom is -0.370 e. The molecule has 0 fully saturated rings. The van der Waals surface area contributed by atoms with Gasteiger partial charge in [0.1, 0.15) is 0 Å². The van der Waals surface area contributed by atoms with Crippen molar-refractivity contribution in [2.45, 2.75) is 34.6 Å². The Bertz CT molecular complexity index is 169. The smallest absolute Gasteiger partial charge is 0.0874 e. The van der Waals surface area contributed by atoms with E-state index in [-0.39, 0.29) is 25.4 Å². The largest absolute Gasteiger partial charge is 0.370 e. The van der Waals surface area contributed by atoms with E-state index < -0.39 is 0 Å². The molecule has 3 heteroatoms. The number of nitrogens with zero attached hydrogens (tertiary/aromatic N) is 1. The van der Waals surface area contributed by atoms with Crippen molar-refractivity contribution in [2.24, 2.45) is 11.8 Å². The summed E-state index contributed by atoms with van der Waals surface area (Å²) in [6.07, 6.45) is 0. The van der Waals surface area contributed by atoms with E-state index >= 15 is 0 Å². The van der Waals surface area contributed by atoms with Gasteiger partial charge in [0, 0.05) is 33.1 Å². The minimum absolute atomic E-state index is 0. The van der Waals surface area contributed by atoms with Crippen molar-refractivity contribution in [3.05, 3.63) is 5.92 Å². The summed E-state index contributed by atoms with van der Waals surface area (Å²) in [5.41, 5.74) is 0. The first kappa shape index (κ1) is 16.4. The van der Waals surface area contributed by atoms with Crippen LogP contribution < -0.4 is 0 Å². The van der Waals surface area contributed by atoms with Crippen LogP contribution in [0.2, 0.25) is 0 Å². The van der Waals surface area contributed by atoms with Gasteiger partial charge in [0.25, 0.3) is 0 Å². The van der Waals surface area contributed by atoms with Gasteiger partial charge in [-0.1, -0.05) is 27.7 Å². The van der Waals surface area contributed by atoms with E-state index in [4.69, 9.17) is 0 Å². The molecule has 0 aliphatic carbocycles.